The van der Waals surface area contributed by atoms with Crippen LogP contribution in [-0.2, 0) is 4.79 Å². The van der Waals surface area contributed by atoms with Gasteiger partial charge in [-0.3, -0.25) is 4.79 Å². The van der Waals surface area contributed by atoms with E-state index in [9.17, 15) is 9.18 Å². The van der Waals surface area contributed by atoms with Crippen LogP contribution >= 0.6 is 0 Å². The molecule has 0 aromatic heterocycles. The molecule has 0 spiro atoms. The summed E-state index contributed by atoms with van der Waals surface area (Å²) in [5.41, 5.74) is 0.932. The number of aliphatic carboxylic acids is 1. The van der Waals surface area contributed by atoms with Crippen molar-refractivity contribution in [3.05, 3.63) is 29.6 Å². The van der Waals surface area contributed by atoms with Crippen molar-refractivity contribution in [1.82, 2.24) is 0 Å². The number of carbonyl (C=O) groups is 1. The van der Waals surface area contributed by atoms with Crippen molar-refractivity contribution >= 4 is 5.97 Å². The molecule has 1 saturated carbocycles. The third-order valence-corrected chi connectivity index (χ3v) is 3.89. The lowest BCUT2D eigenvalue weighted by Crippen LogP contribution is -2.29. The van der Waals surface area contributed by atoms with E-state index in [2.05, 4.69) is 0 Å². The second kappa shape index (κ2) is 6.25. The Hall–Kier alpha value is -1.58. The van der Waals surface area contributed by atoms with Gasteiger partial charge in [-0.2, -0.15) is 0 Å². The van der Waals surface area contributed by atoms with E-state index in [0.29, 0.717) is 12.8 Å². The second-order valence-electron chi connectivity index (χ2n) is 5.79. The highest BCUT2D eigenvalue weighted by Gasteiger charge is 2.28. The lowest BCUT2D eigenvalue weighted by Gasteiger charge is -2.27. The summed E-state index contributed by atoms with van der Waals surface area (Å²) < 4.78 is 19.6. The Labute approximate surface area is 118 Å². The van der Waals surface area contributed by atoms with Crippen LogP contribution in [0.4, 0.5) is 4.39 Å². The highest BCUT2D eigenvalue weighted by atomic mass is 19.1. The van der Waals surface area contributed by atoms with E-state index in [1.165, 1.54) is 6.07 Å². The van der Waals surface area contributed by atoms with Crippen LogP contribution < -0.4 is 4.74 Å². The van der Waals surface area contributed by atoms with E-state index in [-0.39, 0.29) is 29.5 Å². The lowest BCUT2D eigenvalue weighted by atomic mass is 9.87. The van der Waals surface area contributed by atoms with Crippen LogP contribution in [0.2, 0.25) is 0 Å². The Morgan fingerprint density at radius 2 is 2.15 bits per heavy atom. The van der Waals surface area contributed by atoms with Crippen LogP contribution in [0.1, 0.15) is 51.0 Å². The molecule has 1 aliphatic rings. The quantitative estimate of drug-likeness (QED) is 0.907. The summed E-state index contributed by atoms with van der Waals surface area (Å²) in [5, 5.41) is 9.04. The van der Waals surface area contributed by atoms with Crippen molar-refractivity contribution in [3.8, 4) is 5.75 Å². The van der Waals surface area contributed by atoms with Crippen LogP contribution in [0.15, 0.2) is 18.2 Å². The van der Waals surface area contributed by atoms with Gasteiger partial charge in [0.05, 0.1) is 12.0 Å². The number of benzene rings is 1. The Bertz CT molecular complexity index is 485. The number of hydrogen-bond donors (Lipinski definition) is 1. The number of carboxylic acid groups (broad SMARTS) is 1. The minimum absolute atomic E-state index is 0.204. The summed E-state index contributed by atoms with van der Waals surface area (Å²) in [5.74, 6) is -1.02. The van der Waals surface area contributed by atoms with Gasteiger partial charge in [-0.25, -0.2) is 4.39 Å². The van der Waals surface area contributed by atoms with Gasteiger partial charge in [0.1, 0.15) is 0 Å². The summed E-state index contributed by atoms with van der Waals surface area (Å²) in [7, 11) is 0. The predicted octanol–water partition coefficient (Wildman–Crippen LogP) is 3.97. The molecular formula is C16H21FO3. The molecule has 1 fully saturated rings. The van der Waals surface area contributed by atoms with Crippen LogP contribution in [0.3, 0.4) is 0 Å². The Morgan fingerprint density at radius 3 is 2.75 bits per heavy atom. The first-order valence-electron chi connectivity index (χ1n) is 7.16. The zero-order valence-corrected chi connectivity index (χ0v) is 11.9. The number of hydrogen-bond acceptors (Lipinski definition) is 2. The summed E-state index contributed by atoms with van der Waals surface area (Å²) >= 11 is 0. The molecule has 4 heteroatoms. The molecule has 0 saturated heterocycles. The first-order valence-corrected chi connectivity index (χ1v) is 7.16. The molecule has 0 heterocycles. The lowest BCUT2D eigenvalue weighted by molar-refractivity contribution is -0.143. The van der Waals surface area contributed by atoms with Crippen LogP contribution in [0.5, 0.6) is 5.75 Å². The Kier molecular flexibility index (Phi) is 4.63. The summed E-state index contributed by atoms with van der Waals surface area (Å²) in [6.45, 7) is 4.02. The minimum Gasteiger partial charge on any atom is -0.487 e. The van der Waals surface area contributed by atoms with Gasteiger partial charge in [-0.05, 0) is 49.3 Å². The molecule has 0 aliphatic heterocycles. The average Bonchev–Trinajstić information content (AvgIpc) is 2.41. The van der Waals surface area contributed by atoms with Gasteiger partial charge >= 0.3 is 5.97 Å². The predicted molar refractivity (Wildman–Crippen MR) is 74.5 cm³/mol. The topological polar surface area (TPSA) is 46.5 Å². The zero-order valence-electron chi connectivity index (χ0n) is 11.9. The molecule has 1 aliphatic carbocycles. The fourth-order valence-corrected chi connectivity index (χ4v) is 2.63. The van der Waals surface area contributed by atoms with Gasteiger partial charge in [0.25, 0.3) is 0 Å². The fourth-order valence-electron chi connectivity index (χ4n) is 2.63. The molecular weight excluding hydrogens is 259 g/mol. The van der Waals surface area contributed by atoms with Crippen molar-refractivity contribution in [2.45, 2.75) is 51.6 Å². The SMILES string of the molecule is CC(C)c1ccc(O[C@H]2CCC[C@H](C(=O)O)C2)c(F)c1. The molecule has 2 atom stereocenters. The van der Waals surface area contributed by atoms with E-state index in [1.54, 1.807) is 6.07 Å². The number of ether oxygens (including phenoxy) is 1. The molecule has 0 amide bonds. The molecule has 1 aromatic rings. The molecule has 110 valence electrons. The van der Waals surface area contributed by atoms with E-state index in [1.807, 2.05) is 19.9 Å². The third kappa shape index (κ3) is 3.50. The number of carboxylic acids is 1. The molecule has 20 heavy (non-hydrogen) atoms. The largest absolute Gasteiger partial charge is 0.487 e. The first kappa shape index (κ1) is 14.8. The molecule has 3 nitrogen and oxygen atoms in total. The van der Waals surface area contributed by atoms with E-state index in [4.69, 9.17) is 9.84 Å². The Morgan fingerprint density at radius 1 is 1.40 bits per heavy atom. The summed E-state index contributed by atoms with van der Waals surface area (Å²) in [6.07, 6.45) is 2.54. The Balaban J connectivity index is 2.04. The zero-order chi connectivity index (χ0) is 14.7. The monoisotopic (exact) mass is 280 g/mol. The maximum atomic E-state index is 14.0. The smallest absolute Gasteiger partial charge is 0.306 e. The minimum atomic E-state index is -0.783. The van der Waals surface area contributed by atoms with Crippen molar-refractivity contribution in [3.63, 3.8) is 0 Å². The van der Waals surface area contributed by atoms with Crippen molar-refractivity contribution in [1.29, 1.82) is 0 Å². The first-order chi connectivity index (χ1) is 9.47. The van der Waals surface area contributed by atoms with E-state index in [0.717, 1.165) is 18.4 Å². The molecule has 2 rings (SSSR count). The number of halogens is 1. The maximum absolute atomic E-state index is 14.0. The third-order valence-electron chi connectivity index (χ3n) is 3.89. The van der Waals surface area contributed by atoms with Crippen LogP contribution in [0.25, 0.3) is 0 Å². The maximum Gasteiger partial charge on any atom is 0.306 e. The molecule has 0 unspecified atom stereocenters. The molecule has 0 radical (unpaired) electrons. The van der Waals surface area contributed by atoms with Gasteiger partial charge in [-0.15, -0.1) is 0 Å². The summed E-state index contributed by atoms with van der Waals surface area (Å²) in [6, 6.07) is 5.01. The average molecular weight is 280 g/mol. The van der Waals surface area contributed by atoms with Gasteiger partial charge in [0.15, 0.2) is 11.6 Å². The highest BCUT2D eigenvalue weighted by Crippen LogP contribution is 2.30. The number of rotatable bonds is 4. The summed E-state index contributed by atoms with van der Waals surface area (Å²) in [4.78, 5) is 11.0. The standard InChI is InChI=1S/C16H21FO3/c1-10(2)11-6-7-15(14(17)9-11)20-13-5-3-4-12(8-13)16(18)19/h6-7,9-10,12-13H,3-5,8H2,1-2H3,(H,18,19)/t12-,13-/m0/s1. The van der Waals surface area contributed by atoms with Crippen LogP contribution in [-0.4, -0.2) is 17.2 Å². The van der Waals surface area contributed by atoms with Gasteiger partial charge in [-0.1, -0.05) is 19.9 Å². The van der Waals surface area contributed by atoms with Gasteiger partial charge in [0, 0.05) is 0 Å². The van der Waals surface area contributed by atoms with Crippen molar-refractivity contribution in [2.24, 2.45) is 5.92 Å². The van der Waals surface area contributed by atoms with E-state index < -0.39 is 5.97 Å². The van der Waals surface area contributed by atoms with Gasteiger partial charge in [0.2, 0.25) is 0 Å². The van der Waals surface area contributed by atoms with Gasteiger partial charge < -0.3 is 9.84 Å². The normalized spacial score (nSPS) is 22.8. The van der Waals surface area contributed by atoms with Crippen molar-refractivity contribution in [2.75, 3.05) is 0 Å². The molecule has 1 N–H and O–H groups in total. The second-order valence-corrected chi connectivity index (χ2v) is 5.79. The van der Waals surface area contributed by atoms with Crippen molar-refractivity contribution < 1.29 is 19.0 Å². The fraction of sp³-hybridized carbons (Fsp3) is 0.562. The molecule has 1 aromatic carbocycles. The molecule has 0 bridgehead atoms. The van der Waals surface area contributed by atoms with Crippen LogP contribution in [0, 0.1) is 11.7 Å². The van der Waals surface area contributed by atoms with E-state index >= 15 is 0 Å². The highest BCUT2D eigenvalue weighted by molar-refractivity contribution is 5.70.